The van der Waals surface area contributed by atoms with Gasteiger partial charge in [-0.3, -0.25) is 0 Å². The molecule has 90 valence electrons. The molecule has 0 radical (unpaired) electrons. The first-order valence-corrected chi connectivity index (χ1v) is 6.07. The van der Waals surface area contributed by atoms with E-state index in [1.165, 1.54) is 25.7 Å². The van der Waals surface area contributed by atoms with Gasteiger partial charge in [0.25, 0.3) is 0 Å². The number of hydrogen-bond donors (Lipinski definition) is 2. The van der Waals surface area contributed by atoms with Crippen LogP contribution in [-0.4, -0.2) is 36.1 Å². The number of aliphatic hydroxyl groups is 2. The van der Waals surface area contributed by atoms with Crippen molar-refractivity contribution >= 4 is 0 Å². The summed E-state index contributed by atoms with van der Waals surface area (Å²) in [5.74, 6) is 0.722. The smallest absolute Gasteiger partial charge is 0.0774 e. The van der Waals surface area contributed by atoms with Gasteiger partial charge in [-0.05, 0) is 25.2 Å². The van der Waals surface area contributed by atoms with Gasteiger partial charge in [0.1, 0.15) is 0 Å². The van der Waals surface area contributed by atoms with E-state index in [0.29, 0.717) is 19.4 Å². The molecule has 0 aromatic heterocycles. The summed E-state index contributed by atoms with van der Waals surface area (Å²) >= 11 is 0. The molecule has 0 saturated heterocycles. The lowest BCUT2D eigenvalue weighted by molar-refractivity contribution is 0.0427. The van der Waals surface area contributed by atoms with Crippen molar-refractivity contribution in [1.29, 1.82) is 0 Å². The van der Waals surface area contributed by atoms with E-state index >= 15 is 0 Å². The highest BCUT2D eigenvalue weighted by Gasteiger charge is 2.19. The highest BCUT2D eigenvalue weighted by molar-refractivity contribution is 4.71. The third-order valence-electron chi connectivity index (χ3n) is 3.27. The van der Waals surface area contributed by atoms with E-state index in [4.69, 9.17) is 4.74 Å². The maximum absolute atomic E-state index is 9.77. The van der Waals surface area contributed by atoms with Crippen LogP contribution in [0.2, 0.25) is 0 Å². The molecule has 15 heavy (non-hydrogen) atoms. The SMILES string of the molecule is COCC(O)CCC(O)CC1CCCC1. The van der Waals surface area contributed by atoms with Crippen LogP contribution in [0.4, 0.5) is 0 Å². The molecule has 2 N–H and O–H groups in total. The summed E-state index contributed by atoms with van der Waals surface area (Å²) in [5.41, 5.74) is 0. The Morgan fingerprint density at radius 3 is 2.33 bits per heavy atom. The van der Waals surface area contributed by atoms with E-state index in [-0.39, 0.29) is 6.10 Å². The molecule has 0 aromatic carbocycles. The number of ether oxygens (including phenoxy) is 1. The summed E-state index contributed by atoms with van der Waals surface area (Å²) in [6.07, 6.45) is 6.79. The van der Waals surface area contributed by atoms with Crippen LogP contribution in [-0.2, 0) is 4.74 Å². The zero-order valence-electron chi connectivity index (χ0n) is 9.69. The quantitative estimate of drug-likeness (QED) is 0.681. The minimum absolute atomic E-state index is 0.236. The topological polar surface area (TPSA) is 49.7 Å². The highest BCUT2D eigenvalue weighted by Crippen LogP contribution is 2.29. The van der Waals surface area contributed by atoms with Crippen LogP contribution in [0.5, 0.6) is 0 Å². The van der Waals surface area contributed by atoms with Crippen LogP contribution in [0.15, 0.2) is 0 Å². The van der Waals surface area contributed by atoms with Gasteiger partial charge in [0.15, 0.2) is 0 Å². The summed E-state index contributed by atoms with van der Waals surface area (Å²) < 4.78 is 4.84. The second-order valence-corrected chi connectivity index (χ2v) is 4.73. The third kappa shape index (κ3) is 5.50. The van der Waals surface area contributed by atoms with E-state index in [1.54, 1.807) is 7.11 Å². The second kappa shape index (κ2) is 7.20. The van der Waals surface area contributed by atoms with Crippen molar-refractivity contribution in [1.82, 2.24) is 0 Å². The summed E-state index contributed by atoms with van der Waals surface area (Å²) in [4.78, 5) is 0. The number of rotatable bonds is 7. The number of methoxy groups -OCH3 is 1. The monoisotopic (exact) mass is 216 g/mol. The molecular weight excluding hydrogens is 192 g/mol. The number of aliphatic hydroxyl groups excluding tert-OH is 2. The molecule has 1 aliphatic rings. The van der Waals surface area contributed by atoms with Gasteiger partial charge in [0.05, 0.1) is 18.8 Å². The first kappa shape index (κ1) is 12.9. The maximum Gasteiger partial charge on any atom is 0.0774 e. The second-order valence-electron chi connectivity index (χ2n) is 4.73. The van der Waals surface area contributed by atoms with Crippen LogP contribution >= 0.6 is 0 Å². The van der Waals surface area contributed by atoms with Gasteiger partial charge in [0, 0.05) is 7.11 Å². The van der Waals surface area contributed by atoms with Crippen LogP contribution in [0.3, 0.4) is 0 Å². The molecule has 2 atom stereocenters. The van der Waals surface area contributed by atoms with Crippen LogP contribution in [0.25, 0.3) is 0 Å². The lowest BCUT2D eigenvalue weighted by Crippen LogP contribution is -2.19. The van der Waals surface area contributed by atoms with Crippen molar-refractivity contribution < 1.29 is 14.9 Å². The maximum atomic E-state index is 9.77. The van der Waals surface area contributed by atoms with E-state index in [9.17, 15) is 10.2 Å². The fourth-order valence-corrected chi connectivity index (χ4v) is 2.41. The molecule has 1 saturated carbocycles. The summed E-state index contributed by atoms with van der Waals surface area (Å²) in [5, 5.41) is 19.2. The molecule has 2 unspecified atom stereocenters. The molecule has 0 aliphatic heterocycles. The van der Waals surface area contributed by atoms with Crippen LogP contribution in [0.1, 0.15) is 44.9 Å². The Hall–Kier alpha value is -0.120. The summed E-state index contributed by atoms with van der Waals surface area (Å²) in [6.45, 7) is 0.371. The Kier molecular flexibility index (Phi) is 6.22. The van der Waals surface area contributed by atoms with Crippen molar-refractivity contribution in [3.8, 4) is 0 Å². The van der Waals surface area contributed by atoms with E-state index in [2.05, 4.69) is 0 Å². The fourth-order valence-electron chi connectivity index (χ4n) is 2.41. The van der Waals surface area contributed by atoms with Gasteiger partial charge in [-0.25, -0.2) is 0 Å². The van der Waals surface area contributed by atoms with Crippen molar-refractivity contribution in [2.45, 2.75) is 57.2 Å². The van der Waals surface area contributed by atoms with Gasteiger partial charge >= 0.3 is 0 Å². The van der Waals surface area contributed by atoms with Crippen molar-refractivity contribution in [2.24, 2.45) is 5.92 Å². The van der Waals surface area contributed by atoms with Gasteiger partial charge in [-0.1, -0.05) is 25.7 Å². The predicted molar refractivity (Wildman–Crippen MR) is 59.7 cm³/mol. The molecule has 0 spiro atoms. The van der Waals surface area contributed by atoms with Gasteiger partial charge < -0.3 is 14.9 Å². The third-order valence-corrected chi connectivity index (χ3v) is 3.27. The lowest BCUT2D eigenvalue weighted by atomic mass is 9.97. The van der Waals surface area contributed by atoms with E-state index in [0.717, 1.165) is 12.3 Å². The highest BCUT2D eigenvalue weighted by atomic mass is 16.5. The van der Waals surface area contributed by atoms with Crippen LogP contribution in [0, 0.1) is 5.92 Å². The Morgan fingerprint density at radius 1 is 1.13 bits per heavy atom. The van der Waals surface area contributed by atoms with E-state index < -0.39 is 6.10 Å². The molecular formula is C12H24O3. The van der Waals surface area contributed by atoms with Crippen molar-refractivity contribution in [3.05, 3.63) is 0 Å². The minimum Gasteiger partial charge on any atom is -0.393 e. The zero-order valence-corrected chi connectivity index (χ0v) is 9.69. The average Bonchev–Trinajstić information content (AvgIpc) is 2.68. The van der Waals surface area contributed by atoms with Gasteiger partial charge in [-0.2, -0.15) is 0 Å². The lowest BCUT2D eigenvalue weighted by Gasteiger charge is -2.16. The summed E-state index contributed by atoms with van der Waals surface area (Å²) in [6, 6.07) is 0. The molecule has 0 aromatic rings. The molecule has 3 heteroatoms. The molecule has 0 amide bonds. The summed E-state index contributed by atoms with van der Waals surface area (Å²) in [7, 11) is 1.58. The largest absolute Gasteiger partial charge is 0.393 e. The fraction of sp³-hybridized carbons (Fsp3) is 1.00. The van der Waals surface area contributed by atoms with Gasteiger partial charge in [-0.15, -0.1) is 0 Å². The van der Waals surface area contributed by atoms with E-state index in [1.807, 2.05) is 0 Å². The Balaban J connectivity index is 2.04. The average molecular weight is 216 g/mol. The zero-order chi connectivity index (χ0) is 11.1. The molecule has 1 rings (SSSR count). The normalized spacial score (nSPS) is 21.8. The Labute approximate surface area is 92.4 Å². The van der Waals surface area contributed by atoms with Crippen molar-refractivity contribution in [2.75, 3.05) is 13.7 Å². The molecule has 1 fully saturated rings. The minimum atomic E-state index is -0.423. The predicted octanol–water partition coefficient (Wildman–Crippen LogP) is 1.72. The van der Waals surface area contributed by atoms with Crippen LogP contribution < -0.4 is 0 Å². The Morgan fingerprint density at radius 2 is 1.73 bits per heavy atom. The number of hydrogen-bond acceptors (Lipinski definition) is 3. The first-order chi connectivity index (χ1) is 7.22. The van der Waals surface area contributed by atoms with Crippen molar-refractivity contribution in [3.63, 3.8) is 0 Å². The standard InChI is InChI=1S/C12H24O3/c1-15-9-12(14)7-6-11(13)8-10-4-2-3-5-10/h10-14H,2-9H2,1H3. The molecule has 1 aliphatic carbocycles. The Bertz CT molecular complexity index is 155. The molecule has 3 nitrogen and oxygen atoms in total. The van der Waals surface area contributed by atoms with Gasteiger partial charge in [0.2, 0.25) is 0 Å². The first-order valence-electron chi connectivity index (χ1n) is 6.07. The molecule has 0 bridgehead atoms. The molecule has 0 heterocycles.